The Labute approximate surface area is 182 Å². The first kappa shape index (κ1) is 23.1. The Kier molecular flexibility index (Phi) is 10.2. The molecule has 0 unspecified atom stereocenters. The van der Waals surface area contributed by atoms with Gasteiger partial charge in [0.15, 0.2) is 0 Å². The van der Waals surface area contributed by atoms with Crippen molar-refractivity contribution in [3.63, 3.8) is 0 Å². The number of methoxy groups -OCH3 is 1. The third kappa shape index (κ3) is 8.02. The van der Waals surface area contributed by atoms with Crippen LogP contribution < -0.4 is 4.74 Å². The number of carbonyl (C=O) groups excluding carboxylic acids is 1. The molecule has 1 heterocycles. The number of benzene rings is 1. The highest BCUT2D eigenvalue weighted by molar-refractivity contribution is 7.13. The fourth-order valence-electron chi connectivity index (χ4n) is 3.15. The van der Waals surface area contributed by atoms with Gasteiger partial charge in [-0.25, -0.2) is 4.79 Å². The Bertz CT molecular complexity index is 719. The summed E-state index contributed by atoms with van der Waals surface area (Å²) >= 11 is 13.3. The molecule has 0 N–H and O–H groups in total. The predicted molar refractivity (Wildman–Crippen MR) is 118 cm³/mol. The molecule has 3 rings (SSSR count). The highest BCUT2D eigenvalue weighted by Crippen LogP contribution is 2.27. The van der Waals surface area contributed by atoms with Crippen molar-refractivity contribution in [2.24, 2.45) is 5.92 Å². The van der Waals surface area contributed by atoms with Gasteiger partial charge in [-0.3, -0.25) is 0 Å². The zero-order chi connectivity index (χ0) is 20.4. The predicted octanol–water partition coefficient (Wildman–Crippen LogP) is 7.44. The zero-order valence-electron chi connectivity index (χ0n) is 16.5. The Hall–Kier alpha value is -1.23. The molecule has 3 nitrogen and oxygen atoms in total. The molecular weight excluding hydrogens is 415 g/mol. The van der Waals surface area contributed by atoms with Gasteiger partial charge in [0.05, 0.1) is 13.7 Å². The molecule has 0 saturated heterocycles. The summed E-state index contributed by atoms with van der Waals surface area (Å²) in [7, 11) is 1.40. The molecule has 6 heteroatoms. The number of rotatable bonds is 6. The third-order valence-electron chi connectivity index (χ3n) is 4.59. The molecule has 1 fully saturated rings. The van der Waals surface area contributed by atoms with Gasteiger partial charge in [0, 0.05) is 14.9 Å². The topological polar surface area (TPSA) is 35.5 Å². The first-order chi connectivity index (χ1) is 13.5. The lowest BCUT2D eigenvalue weighted by Crippen LogP contribution is -2.15. The van der Waals surface area contributed by atoms with E-state index in [0.29, 0.717) is 20.8 Å². The van der Waals surface area contributed by atoms with E-state index in [1.807, 2.05) is 24.3 Å². The highest BCUT2D eigenvalue weighted by Gasteiger charge is 2.14. The molecule has 0 aliphatic heterocycles. The van der Waals surface area contributed by atoms with E-state index in [1.165, 1.54) is 55.4 Å². The standard InChI is InChI=1S/C13H16Cl2O.C9H12O2S/c14-11-6-12(15)8-13(7-11)16-9-10-4-2-1-3-5-10;1-3-4-7-5-6-8(12-7)9(10)11-2/h6-8,10H,1-5,9H2;5-6H,3-4H2,1-2H3. The number of esters is 1. The maximum Gasteiger partial charge on any atom is 0.348 e. The highest BCUT2D eigenvalue weighted by atomic mass is 35.5. The smallest absolute Gasteiger partial charge is 0.348 e. The number of thiophene rings is 1. The summed E-state index contributed by atoms with van der Waals surface area (Å²) in [6.45, 7) is 2.91. The molecule has 0 spiro atoms. The van der Waals surface area contributed by atoms with Crippen LogP contribution in [-0.4, -0.2) is 19.7 Å². The van der Waals surface area contributed by atoms with Crippen LogP contribution in [0.2, 0.25) is 10.0 Å². The van der Waals surface area contributed by atoms with Gasteiger partial charge in [0.25, 0.3) is 0 Å². The Morgan fingerprint density at radius 3 is 2.39 bits per heavy atom. The van der Waals surface area contributed by atoms with Crippen LogP contribution in [0, 0.1) is 5.92 Å². The van der Waals surface area contributed by atoms with Crippen molar-refractivity contribution >= 4 is 40.5 Å². The number of hydrogen-bond acceptors (Lipinski definition) is 4. The molecule has 0 radical (unpaired) electrons. The van der Waals surface area contributed by atoms with Crippen molar-refractivity contribution < 1.29 is 14.3 Å². The molecule has 1 aromatic carbocycles. The van der Waals surface area contributed by atoms with Gasteiger partial charge >= 0.3 is 5.97 Å². The number of hydrogen-bond donors (Lipinski definition) is 0. The zero-order valence-corrected chi connectivity index (χ0v) is 18.8. The lowest BCUT2D eigenvalue weighted by atomic mass is 9.90. The molecule has 2 aromatic rings. The molecule has 154 valence electrons. The summed E-state index contributed by atoms with van der Waals surface area (Å²) in [5, 5.41) is 1.26. The average molecular weight is 443 g/mol. The van der Waals surface area contributed by atoms with Gasteiger partial charge in [-0.2, -0.15) is 0 Å². The first-order valence-corrected chi connectivity index (χ1v) is 11.3. The van der Waals surface area contributed by atoms with E-state index >= 15 is 0 Å². The maximum atomic E-state index is 11.0. The van der Waals surface area contributed by atoms with Gasteiger partial charge in [0.2, 0.25) is 0 Å². The molecule has 1 aromatic heterocycles. The minimum absolute atomic E-state index is 0.234. The molecule has 0 bridgehead atoms. The molecule has 1 saturated carbocycles. The summed E-state index contributed by atoms with van der Waals surface area (Å²) in [5.74, 6) is 1.25. The Morgan fingerprint density at radius 1 is 1.11 bits per heavy atom. The van der Waals surface area contributed by atoms with Gasteiger partial charge < -0.3 is 9.47 Å². The molecule has 1 aliphatic carbocycles. The SMILES string of the molecule is CCCc1ccc(C(=O)OC)s1.Clc1cc(Cl)cc(OCC2CCCCC2)c1. The maximum absolute atomic E-state index is 11.0. The normalized spacial score (nSPS) is 14.1. The number of carbonyl (C=O) groups is 1. The Balaban J connectivity index is 0.000000209. The average Bonchev–Trinajstić information content (AvgIpc) is 3.15. The van der Waals surface area contributed by atoms with Gasteiger partial charge in [-0.15, -0.1) is 11.3 Å². The lowest BCUT2D eigenvalue weighted by Gasteiger charge is -2.21. The van der Waals surface area contributed by atoms with Crippen LogP contribution in [0.5, 0.6) is 5.75 Å². The molecule has 0 atom stereocenters. The molecular formula is C22H28Cl2O3S. The van der Waals surface area contributed by atoms with Crippen LogP contribution in [-0.2, 0) is 11.2 Å². The van der Waals surface area contributed by atoms with E-state index in [-0.39, 0.29) is 5.97 Å². The fraction of sp³-hybridized carbons (Fsp3) is 0.500. The van der Waals surface area contributed by atoms with Crippen molar-refractivity contribution in [1.29, 1.82) is 0 Å². The summed E-state index contributed by atoms with van der Waals surface area (Å²) in [6, 6.07) is 9.16. The monoisotopic (exact) mass is 442 g/mol. The number of halogens is 2. The van der Waals surface area contributed by atoms with E-state index < -0.39 is 0 Å². The number of aryl methyl sites for hydroxylation is 1. The summed E-state index contributed by atoms with van der Waals surface area (Å²) in [5.41, 5.74) is 0. The van der Waals surface area contributed by atoms with Crippen molar-refractivity contribution in [2.75, 3.05) is 13.7 Å². The van der Waals surface area contributed by atoms with Gasteiger partial charge in [0.1, 0.15) is 10.6 Å². The van der Waals surface area contributed by atoms with E-state index in [2.05, 4.69) is 11.7 Å². The third-order valence-corrected chi connectivity index (χ3v) is 6.15. The number of ether oxygens (including phenoxy) is 2. The second-order valence-corrected chi connectivity index (χ2v) is 8.97. The van der Waals surface area contributed by atoms with E-state index in [4.69, 9.17) is 27.9 Å². The van der Waals surface area contributed by atoms with Crippen LogP contribution >= 0.6 is 34.5 Å². The van der Waals surface area contributed by atoms with Crippen molar-refractivity contribution in [3.8, 4) is 5.75 Å². The van der Waals surface area contributed by atoms with Crippen LogP contribution in [0.15, 0.2) is 30.3 Å². The second-order valence-electron chi connectivity index (χ2n) is 6.93. The van der Waals surface area contributed by atoms with Crippen molar-refractivity contribution in [2.45, 2.75) is 51.9 Å². The van der Waals surface area contributed by atoms with Crippen LogP contribution in [0.25, 0.3) is 0 Å². The van der Waals surface area contributed by atoms with E-state index in [0.717, 1.165) is 25.2 Å². The second kappa shape index (κ2) is 12.4. The van der Waals surface area contributed by atoms with Crippen molar-refractivity contribution in [3.05, 3.63) is 50.1 Å². The summed E-state index contributed by atoms with van der Waals surface area (Å²) in [4.78, 5) is 13.0. The molecule has 0 amide bonds. The van der Waals surface area contributed by atoms with Crippen LogP contribution in [0.4, 0.5) is 0 Å². The Morgan fingerprint density at radius 2 is 1.79 bits per heavy atom. The largest absolute Gasteiger partial charge is 0.493 e. The summed E-state index contributed by atoms with van der Waals surface area (Å²) < 4.78 is 10.3. The van der Waals surface area contributed by atoms with Gasteiger partial charge in [-0.1, -0.05) is 55.8 Å². The summed E-state index contributed by atoms with van der Waals surface area (Å²) in [6.07, 6.45) is 8.78. The van der Waals surface area contributed by atoms with Crippen LogP contribution in [0.1, 0.15) is 60.0 Å². The quantitative estimate of drug-likeness (QED) is 0.435. The molecule has 28 heavy (non-hydrogen) atoms. The first-order valence-electron chi connectivity index (χ1n) is 9.77. The minimum Gasteiger partial charge on any atom is -0.493 e. The lowest BCUT2D eigenvalue weighted by molar-refractivity contribution is 0.0606. The van der Waals surface area contributed by atoms with E-state index in [9.17, 15) is 4.79 Å². The van der Waals surface area contributed by atoms with Crippen molar-refractivity contribution in [1.82, 2.24) is 0 Å². The van der Waals surface area contributed by atoms with Gasteiger partial charge in [-0.05, 0) is 55.5 Å². The molecule has 1 aliphatic rings. The van der Waals surface area contributed by atoms with E-state index in [1.54, 1.807) is 6.07 Å². The fourth-order valence-corrected chi connectivity index (χ4v) is 4.68. The minimum atomic E-state index is -0.234. The van der Waals surface area contributed by atoms with Crippen LogP contribution in [0.3, 0.4) is 0 Å².